The lowest BCUT2D eigenvalue weighted by Gasteiger charge is -2.16. The van der Waals surface area contributed by atoms with Gasteiger partial charge in [0.25, 0.3) is 0 Å². The van der Waals surface area contributed by atoms with Gasteiger partial charge < -0.3 is 26.9 Å². The predicted octanol–water partition coefficient (Wildman–Crippen LogP) is 3.62. The quantitative estimate of drug-likeness (QED) is 0.275. The third-order valence-electron chi connectivity index (χ3n) is 4.95. The summed E-state index contributed by atoms with van der Waals surface area (Å²) < 4.78 is 5.90. The molecule has 0 fully saturated rings. The van der Waals surface area contributed by atoms with E-state index in [-0.39, 0.29) is 0 Å². The number of rotatable bonds is 7. The first-order valence-electron chi connectivity index (χ1n) is 9.50. The Hall–Kier alpha value is -2.71. The van der Waals surface area contributed by atoms with E-state index in [1.54, 1.807) is 23.7 Å². The normalized spacial score (nSPS) is 13.3. The molecule has 28 heavy (non-hydrogen) atoms. The maximum absolute atomic E-state index is 7.62. The highest BCUT2D eigenvalue weighted by Gasteiger charge is 2.20. The van der Waals surface area contributed by atoms with Crippen molar-refractivity contribution in [1.29, 1.82) is 5.41 Å². The molecule has 0 atom stereocenters. The summed E-state index contributed by atoms with van der Waals surface area (Å²) >= 11 is 1.76. The van der Waals surface area contributed by atoms with Gasteiger partial charge in [-0.25, -0.2) is 9.97 Å². The minimum Gasteiger partial charge on any atom is -0.491 e. The van der Waals surface area contributed by atoms with Crippen molar-refractivity contribution in [2.45, 2.75) is 32.1 Å². The van der Waals surface area contributed by atoms with Crippen molar-refractivity contribution in [3.8, 4) is 5.75 Å². The van der Waals surface area contributed by atoms with E-state index in [9.17, 15) is 0 Å². The standard InChI is InChI=1S/C20H24N6OS/c21-6-3-7-27-16-9-14(23)12(10-22)8-15(16)26-19-18-13-4-1-2-5-17(13)28-20(18)25-11-24-19/h8-11,22H,1-7,21,23H2,(H,24,25,26). The number of hydrogen-bond donors (Lipinski definition) is 4. The first-order valence-corrected chi connectivity index (χ1v) is 10.3. The number of ether oxygens (including phenoxy) is 1. The fourth-order valence-electron chi connectivity index (χ4n) is 3.53. The van der Waals surface area contributed by atoms with Crippen LogP contribution in [0.3, 0.4) is 0 Å². The van der Waals surface area contributed by atoms with Crippen LogP contribution in [0.5, 0.6) is 5.75 Å². The van der Waals surface area contributed by atoms with Crippen molar-refractivity contribution in [3.63, 3.8) is 0 Å². The van der Waals surface area contributed by atoms with Crippen LogP contribution in [0.15, 0.2) is 18.5 Å². The molecule has 1 aliphatic carbocycles. The van der Waals surface area contributed by atoms with Crippen LogP contribution in [-0.2, 0) is 12.8 Å². The molecule has 0 amide bonds. The summed E-state index contributed by atoms with van der Waals surface area (Å²) in [5, 5.41) is 12.1. The molecule has 0 bridgehead atoms. The minimum absolute atomic E-state index is 0.502. The Kier molecular flexibility index (Phi) is 5.40. The number of nitrogens with two attached hydrogens (primary N) is 2. The zero-order valence-electron chi connectivity index (χ0n) is 15.6. The Morgan fingerprint density at radius 3 is 2.93 bits per heavy atom. The molecule has 2 heterocycles. The molecule has 146 valence electrons. The molecule has 1 aromatic carbocycles. The molecule has 3 aromatic rings. The minimum atomic E-state index is 0.502. The van der Waals surface area contributed by atoms with E-state index in [0.717, 1.165) is 41.0 Å². The molecule has 8 heteroatoms. The fourth-order valence-corrected chi connectivity index (χ4v) is 4.76. The molecule has 0 aliphatic heterocycles. The Morgan fingerprint density at radius 2 is 2.11 bits per heavy atom. The Balaban J connectivity index is 1.76. The van der Waals surface area contributed by atoms with Gasteiger partial charge in [-0.2, -0.15) is 0 Å². The third-order valence-corrected chi connectivity index (χ3v) is 6.15. The van der Waals surface area contributed by atoms with Gasteiger partial charge in [-0.05, 0) is 50.3 Å². The average molecular weight is 397 g/mol. The second-order valence-corrected chi connectivity index (χ2v) is 7.93. The lowest BCUT2D eigenvalue weighted by Crippen LogP contribution is -2.08. The first kappa shape index (κ1) is 18.6. The van der Waals surface area contributed by atoms with Gasteiger partial charge in [0.15, 0.2) is 0 Å². The maximum Gasteiger partial charge on any atom is 0.144 e. The SMILES string of the molecule is N=Cc1cc(Nc2ncnc3sc4c(c23)CCCC4)c(OCCCN)cc1N. The molecule has 0 saturated carbocycles. The number of aryl methyl sites for hydroxylation is 2. The number of benzene rings is 1. The topological polar surface area (TPSA) is 123 Å². The first-order chi connectivity index (χ1) is 13.7. The number of fused-ring (bicyclic) bond motifs is 3. The van der Waals surface area contributed by atoms with E-state index in [1.165, 1.54) is 29.5 Å². The van der Waals surface area contributed by atoms with E-state index in [4.69, 9.17) is 21.6 Å². The van der Waals surface area contributed by atoms with Crippen LogP contribution in [0.4, 0.5) is 17.2 Å². The summed E-state index contributed by atoms with van der Waals surface area (Å²) in [7, 11) is 0. The largest absolute Gasteiger partial charge is 0.491 e. The molecule has 7 nitrogen and oxygen atoms in total. The fraction of sp³-hybridized carbons (Fsp3) is 0.350. The number of anilines is 3. The number of aromatic nitrogens is 2. The van der Waals surface area contributed by atoms with Gasteiger partial charge in [0.2, 0.25) is 0 Å². The van der Waals surface area contributed by atoms with Crippen LogP contribution in [-0.4, -0.2) is 29.3 Å². The number of hydrogen-bond acceptors (Lipinski definition) is 8. The molecule has 1 aliphatic rings. The van der Waals surface area contributed by atoms with Gasteiger partial charge >= 0.3 is 0 Å². The van der Waals surface area contributed by atoms with Crippen molar-refractivity contribution in [3.05, 3.63) is 34.5 Å². The Bertz CT molecular complexity index is 1020. The molecule has 4 rings (SSSR count). The van der Waals surface area contributed by atoms with Crippen LogP contribution in [0, 0.1) is 5.41 Å². The van der Waals surface area contributed by atoms with Crippen molar-refractivity contribution in [2.24, 2.45) is 5.73 Å². The average Bonchev–Trinajstić information content (AvgIpc) is 3.09. The van der Waals surface area contributed by atoms with Crippen LogP contribution in [0.25, 0.3) is 10.2 Å². The summed E-state index contributed by atoms with van der Waals surface area (Å²) in [5.41, 5.74) is 14.9. The second kappa shape index (κ2) is 8.12. The molecule has 2 aromatic heterocycles. The van der Waals surface area contributed by atoms with Crippen molar-refractivity contribution >= 4 is 45.0 Å². The molecule has 0 unspecified atom stereocenters. The van der Waals surface area contributed by atoms with Crippen molar-refractivity contribution < 1.29 is 4.74 Å². The van der Waals surface area contributed by atoms with E-state index in [1.807, 2.05) is 6.07 Å². The van der Waals surface area contributed by atoms with Gasteiger partial charge in [-0.1, -0.05) is 0 Å². The molecule has 6 N–H and O–H groups in total. The van der Waals surface area contributed by atoms with Crippen LogP contribution in [0.2, 0.25) is 0 Å². The Morgan fingerprint density at radius 1 is 1.25 bits per heavy atom. The van der Waals surface area contributed by atoms with Gasteiger partial charge in [0, 0.05) is 28.4 Å². The predicted molar refractivity (Wildman–Crippen MR) is 115 cm³/mol. The molecular weight excluding hydrogens is 372 g/mol. The van der Waals surface area contributed by atoms with E-state index in [2.05, 4.69) is 15.3 Å². The highest BCUT2D eigenvalue weighted by Crippen LogP contribution is 2.40. The van der Waals surface area contributed by atoms with Crippen LogP contribution >= 0.6 is 11.3 Å². The Labute approximate surface area is 167 Å². The smallest absolute Gasteiger partial charge is 0.144 e. The maximum atomic E-state index is 7.62. The van der Waals surface area contributed by atoms with Gasteiger partial charge in [-0.3, -0.25) is 0 Å². The number of thiophene rings is 1. The zero-order valence-corrected chi connectivity index (χ0v) is 16.4. The van der Waals surface area contributed by atoms with E-state index in [0.29, 0.717) is 30.2 Å². The van der Waals surface area contributed by atoms with Crippen LogP contribution < -0.4 is 21.5 Å². The number of nitrogen functional groups attached to an aromatic ring is 1. The molecule has 0 saturated heterocycles. The molecule has 0 spiro atoms. The van der Waals surface area contributed by atoms with Crippen LogP contribution in [0.1, 0.15) is 35.3 Å². The summed E-state index contributed by atoms with van der Waals surface area (Å²) in [6.07, 6.45) is 8.19. The number of nitrogens with one attached hydrogen (secondary N) is 2. The summed E-state index contributed by atoms with van der Waals surface area (Å²) in [4.78, 5) is 11.4. The molecule has 0 radical (unpaired) electrons. The monoisotopic (exact) mass is 396 g/mol. The third kappa shape index (κ3) is 3.53. The van der Waals surface area contributed by atoms with Crippen molar-refractivity contribution in [1.82, 2.24) is 9.97 Å². The lowest BCUT2D eigenvalue weighted by atomic mass is 9.97. The van der Waals surface area contributed by atoms with Gasteiger partial charge in [0.05, 0.1) is 17.7 Å². The molecular formula is C20H24N6OS. The van der Waals surface area contributed by atoms with E-state index < -0.39 is 0 Å². The highest BCUT2D eigenvalue weighted by atomic mass is 32.1. The summed E-state index contributed by atoms with van der Waals surface area (Å²) in [5.74, 6) is 1.40. The van der Waals surface area contributed by atoms with Gasteiger partial charge in [-0.15, -0.1) is 11.3 Å². The summed E-state index contributed by atoms with van der Waals surface area (Å²) in [6, 6.07) is 3.58. The van der Waals surface area contributed by atoms with Crippen molar-refractivity contribution in [2.75, 3.05) is 24.2 Å². The summed E-state index contributed by atoms with van der Waals surface area (Å²) in [6.45, 7) is 1.06. The van der Waals surface area contributed by atoms with E-state index >= 15 is 0 Å². The van der Waals surface area contributed by atoms with Gasteiger partial charge in [0.1, 0.15) is 22.7 Å². The highest BCUT2D eigenvalue weighted by molar-refractivity contribution is 7.19. The second-order valence-electron chi connectivity index (χ2n) is 6.85. The zero-order chi connectivity index (χ0) is 19.5. The number of nitrogens with zero attached hydrogens (tertiary/aromatic N) is 2. The lowest BCUT2D eigenvalue weighted by molar-refractivity contribution is 0.315.